The fourth-order valence-corrected chi connectivity index (χ4v) is 4.86. The van der Waals surface area contributed by atoms with Crippen LogP contribution < -0.4 is 10.6 Å². The lowest BCUT2D eigenvalue weighted by molar-refractivity contribution is -0.118. The van der Waals surface area contributed by atoms with E-state index in [-0.39, 0.29) is 28.5 Å². The molecule has 0 radical (unpaired) electrons. The molecule has 186 valence electrons. The summed E-state index contributed by atoms with van der Waals surface area (Å²) in [6.45, 7) is 7.14. The molecule has 2 aromatic carbocycles. The molecule has 0 aliphatic carbocycles. The third-order valence-electron chi connectivity index (χ3n) is 5.38. The van der Waals surface area contributed by atoms with Gasteiger partial charge < -0.3 is 15.2 Å². The van der Waals surface area contributed by atoms with Gasteiger partial charge >= 0.3 is 0 Å². The Bertz CT molecular complexity index is 1150. The number of halogens is 2. The SMILES string of the molecule is CCn1c(SCC(=O)NCCc2ccccc2)nnc1[C@@H](NC(=O)c1ccc(Cl)cc1Cl)C(C)C. The number of thioether (sulfide) groups is 1. The molecule has 0 saturated heterocycles. The lowest BCUT2D eigenvalue weighted by Crippen LogP contribution is -2.34. The van der Waals surface area contributed by atoms with Crippen LogP contribution in [0.4, 0.5) is 0 Å². The van der Waals surface area contributed by atoms with Gasteiger partial charge in [-0.15, -0.1) is 10.2 Å². The molecule has 10 heteroatoms. The van der Waals surface area contributed by atoms with Crippen LogP contribution in [0.2, 0.25) is 10.0 Å². The minimum atomic E-state index is -0.393. The first kappa shape index (κ1) is 27.0. The van der Waals surface area contributed by atoms with Gasteiger partial charge in [-0.25, -0.2) is 0 Å². The van der Waals surface area contributed by atoms with E-state index >= 15 is 0 Å². The number of amides is 2. The summed E-state index contributed by atoms with van der Waals surface area (Å²) in [6.07, 6.45) is 0.778. The van der Waals surface area contributed by atoms with Gasteiger partial charge in [-0.3, -0.25) is 9.59 Å². The highest BCUT2D eigenvalue weighted by Gasteiger charge is 2.27. The van der Waals surface area contributed by atoms with Crippen LogP contribution in [-0.2, 0) is 17.8 Å². The van der Waals surface area contributed by atoms with E-state index in [9.17, 15) is 9.59 Å². The van der Waals surface area contributed by atoms with Crippen LogP contribution in [0.25, 0.3) is 0 Å². The predicted molar refractivity (Wildman–Crippen MR) is 141 cm³/mol. The fourth-order valence-electron chi connectivity index (χ4n) is 3.53. The quantitative estimate of drug-likeness (QED) is 0.331. The molecule has 3 rings (SSSR count). The van der Waals surface area contributed by atoms with Crippen LogP contribution in [0.1, 0.15) is 48.6 Å². The van der Waals surface area contributed by atoms with E-state index in [0.29, 0.717) is 34.7 Å². The molecule has 0 saturated carbocycles. The molecule has 0 fully saturated rings. The molecule has 1 atom stereocenters. The summed E-state index contributed by atoms with van der Waals surface area (Å²) in [5.41, 5.74) is 1.52. The van der Waals surface area contributed by atoms with Gasteiger partial charge in [0.2, 0.25) is 5.91 Å². The van der Waals surface area contributed by atoms with Crippen molar-refractivity contribution < 1.29 is 9.59 Å². The van der Waals surface area contributed by atoms with Crippen LogP contribution in [0.3, 0.4) is 0 Å². The van der Waals surface area contributed by atoms with Gasteiger partial charge in [-0.05, 0) is 43.0 Å². The number of benzene rings is 2. The number of hydrogen-bond acceptors (Lipinski definition) is 5. The Kier molecular flexibility index (Phi) is 10.0. The van der Waals surface area contributed by atoms with Gasteiger partial charge in [0.25, 0.3) is 5.91 Å². The molecule has 1 heterocycles. The van der Waals surface area contributed by atoms with Gasteiger partial charge in [0, 0.05) is 18.1 Å². The molecule has 0 unspecified atom stereocenters. The molecular weight excluding hydrogens is 505 g/mol. The summed E-state index contributed by atoms with van der Waals surface area (Å²) < 4.78 is 1.93. The molecule has 2 N–H and O–H groups in total. The second-order valence-corrected chi connectivity index (χ2v) is 10.1. The first-order valence-corrected chi connectivity index (χ1v) is 13.2. The number of carbonyl (C=O) groups excluding carboxylic acids is 2. The zero-order chi connectivity index (χ0) is 25.4. The zero-order valence-electron chi connectivity index (χ0n) is 19.9. The fraction of sp³-hybridized carbons (Fsp3) is 0.360. The Balaban J connectivity index is 1.63. The average Bonchev–Trinajstić information content (AvgIpc) is 3.24. The van der Waals surface area contributed by atoms with Crippen molar-refractivity contribution in [1.82, 2.24) is 25.4 Å². The van der Waals surface area contributed by atoms with Crippen molar-refractivity contribution in [2.75, 3.05) is 12.3 Å². The highest BCUT2D eigenvalue weighted by Crippen LogP contribution is 2.27. The zero-order valence-corrected chi connectivity index (χ0v) is 22.3. The largest absolute Gasteiger partial charge is 0.355 e. The van der Waals surface area contributed by atoms with Gasteiger partial charge in [-0.2, -0.15) is 0 Å². The van der Waals surface area contributed by atoms with Gasteiger partial charge in [0.15, 0.2) is 11.0 Å². The van der Waals surface area contributed by atoms with Crippen LogP contribution >= 0.6 is 35.0 Å². The molecule has 0 bridgehead atoms. The first-order valence-electron chi connectivity index (χ1n) is 11.4. The monoisotopic (exact) mass is 533 g/mol. The summed E-state index contributed by atoms with van der Waals surface area (Å²) in [6, 6.07) is 14.4. The minimum Gasteiger partial charge on any atom is -0.355 e. The van der Waals surface area contributed by atoms with E-state index < -0.39 is 6.04 Å². The maximum Gasteiger partial charge on any atom is 0.253 e. The smallest absolute Gasteiger partial charge is 0.253 e. The maximum absolute atomic E-state index is 12.9. The van der Waals surface area contributed by atoms with Crippen molar-refractivity contribution >= 4 is 46.8 Å². The van der Waals surface area contributed by atoms with Crippen LogP contribution in [0, 0.1) is 5.92 Å². The highest BCUT2D eigenvalue weighted by atomic mass is 35.5. The minimum absolute atomic E-state index is 0.0404. The van der Waals surface area contributed by atoms with E-state index in [2.05, 4.69) is 20.8 Å². The Morgan fingerprint density at radius 2 is 1.83 bits per heavy atom. The van der Waals surface area contributed by atoms with Crippen molar-refractivity contribution in [3.63, 3.8) is 0 Å². The van der Waals surface area contributed by atoms with E-state index in [1.54, 1.807) is 12.1 Å². The Labute approximate surface area is 220 Å². The number of hydrogen-bond donors (Lipinski definition) is 2. The molecule has 0 aliphatic rings. The van der Waals surface area contributed by atoms with Crippen LogP contribution in [0.5, 0.6) is 0 Å². The standard InChI is InChI=1S/C25H29Cl2N5O2S/c1-4-32-23(22(16(2)3)29-24(34)19-11-10-18(26)14-20(19)27)30-31-25(32)35-15-21(33)28-13-12-17-8-6-5-7-9-17/h5-11,14,16,22H,4,12-13,15H2,1-3H3,(H,28,33)(H,29,34)/t22-/m0/s1. The topological polar surface area (TPSA) is 88.9 Å². The number of carbonyl (C=O) groups is 2. The van der Waals surface area contributed by atoms with Gasteiger partial charge in [-0.1, -0.05) is 79.1 Å². The highest BCUT2D eigenvalue weighted by molar-refractivity contribution is 7.99. The Morgan fingerprint density at radius 1 is 1.09 bits per heavy atom. The third-order valence-corrected chi connectivity index (χ3v) is 6.89. The van der Waals surface area contributed by atoms with Crippen molar-refractivity contribution in [3.05, 3.63) is 75.5 Å². The summed E-state index contributed by atoms with van der Waals surface area (Å²) in [4.78, 5) is 25.3. The lowest BCUT2D eigenvalue weighted by Gasteiger charge is -2.22. The number of nitrogens with one attached hydrogen (secondary N) is 2. The number of aromatic nitrogens is 3. The van der Waals surface area contributed by atoms with E-state index in [1.165, 1.54) is 23.4 Å². The molecule has 1 aromatic heterocycles. The van der Waals surface area contributed by atoms with Crippen LogP contribution in [-0.4, -0.2) is 38.9 Å². The van der Waals surface area contributed by atoms with E-state index in [0.717, 1.165) is 6.42 Å². The summed E-state index contributed by atoms with van der Waals surface area (Å²) >= 11 is 13.5. The van der Waals surface area contributed by atoms with Crippen molar-refractivity contribution in [2.24, 2.45) is 5.92 Å². The van der Waals surface area contributed by atoms with Gasteiger partial charge in [0.1, 0.15) is 0 Å². The summed E-state index contributed by atoms with van der Waals surface area (Å²) in [7, 11) is 0. The van der Waals surface area contributed by atoms with Crippen LogP contribution in [0.15, 0.2) is 53.7 Å². The predicted octanol–water partition coefficient (Wildman–Crippen LogP) is 5.18. The molecular formula is C25H29Cl2N5O2S. The first-order chi connectivity index (χ1) is 16.8. The molecule has 3 aromatic rings. The Hall–Kier alpha value is -2.55. The number of rotatable bonds is 11. The molecule has 0 spiro atoms. The lowest BCUT2D eigenvalue weighted by atomic mass is 10.0. The van der Waals surface area contributed by atoms with E-state index in [1.807, 2.05) is 55.7 Å². The van der Waals surface area contributed by atoms with Crippen molar-refractivity contribution in [2.45, 2.75) is 44.9 Å². The number of nitrogens with zero attached hydrogens (tertiary/aromatic N) is 3. The average molecular weight is 535 g/mol. The van der Waals surface area contributed by atoms with E-state index in [4.69, 9.17) is 23.2 Å². The second-order valence-electron chi connectivity index (χ2n) is 8.28. The molecule has 0 aliphatic heterocycles. The second kappa shape index (κ2) is 13.0. The van der Waals surface area contributed by atoms with Gasteiger partial charge in [0.05, 0.1) is 22.4 Å². The Morgan fingerprint density at radius 3 is 2.49 bits per heavy atom. The molecule has 2 amide bonds. The maximum atomic E-state index is 12.9. The van der Waals surface area contributed by atoms with Crippen molar-refractivity contribution in [3.8, 4) is 0 Å². The normalized spacial score (nSPS) is 11.9. The molecule has 35 heavy (non-hydrogen) atoms. The van der Waals surface area contributed by atoms with Crippen molar-refractivity contribution in [1.29, 1.82) is 0 Å². The third kappa shape index (κ3) is 7.46. The molecule has 7 nitrogen and oxygen atoms in total. The summed E-state index contributed by atoms with van der Waals surface area (Å²) in [5.74, 6) is 0.519. The summed E-state index contributed by atoms with van der Waals surface area (Å²) in [5, 5.41) is 16.0.